The molecule has 276 valence electrons. The summed E-state index contributed by atoms with van der Waals surface area (Å²) in [6.07, 6.45) is 50.0. The molecule has 0 unspecified atom stereocenters. The molecule has 0 spiro atoms. The monoisotopic (exact) mass is 757 g/mol. The van der Waals surface area contributed by atoms with Crippen LogP contribution in [0.5, 0.6) is 0 Å². The van der Waals surface area contributed by atoms with Crippen molar-refractivity contribution in [3.05, 3.63) is 0 Å². The Kier molecular flexibility index (Phi) is 11.6. The molecule has 6 aliphatic carbocycles. The van der Waals surface area contributed by atoms with E-state index in [-0.39, 0.29) is 0 Å². The lowest BCUT2D eigenvalue weighted by atomic mass is 10.0. The zero-order chi connectivity index (χ0) is 33.7. The highest BCUT2D eigenvalue weighted by Crippen LogP contribution is 2.73. The molecule has 0 aromatic heterocycles. The highest BCUT2D eigenvalue weighted by molar-refractivity contribution is 8.14. The van der Waals surface area contributed by atoms with Crippen LogP contribution in [0.4, 0.5) is 0 Å². The molecule has 7 fully saturated rings. The lowest BCUT2D eigenvalue weighted by molar-refractivity contribution is 0.475. The molecule has 1 saturated heterocycles. The molecular weight excluding hydrogens is 673 g/mol. The summed E-state index contributed by atoms with van der Waals surface area (Å²) in [6, 6.07) is 0. The summed E-state index contributed by atoms with van der Waals surface area (Å²) in [5, 5.41) is 0. The van der Waals surface area contributed by atoms with Crippen molar-refractivity contribution in [3.8, 4) is 0 Å². The van der Waals surface area contributed by atoms with Crippen molar-refractivity contribution in [2.75, 3.05) is 0 Å². The fraction of sp³-hybridized carbons (Fsp3) is 1.00. The summed E-state index contributed by atoms with van der Waals surface area (Å²) in [5.74, 6) is 0. The third-order valence-corrected chi connectivity index (χ3v) is 170. The zero-order valence-electron chi connectivity index (χ0n) is 33.7. The van der Waals surface area contributed by atoms with Gasteiger partial charge in [-0.25, -0.2) is 0 Å². The van der Waals surface area contributed by atoms with Crippen molar-refractivity contribution in [1.82, 2.24) is 0 Å². The second-order valence-corrected chi connectivity index (χ2v) is 86.9. The Labute approximate surface area is 306 Å². The molecule has 0 radical (unpaired) electrons. The van der Waals surface area contributed by atoms with Gasteiger partial charge in [-0.2, -0.15) is 0 Å². The third-order valence-electron chi connectivity index (χ3n) is 21.0. The van der Waals surface area contributed by atoms with Gasteiger partial charge in [0, 0.05) is 42.7 Å². The van der Waals surface area contributed by atoms with E-state index in [1.165, 1.54) is 33.2 Å². The number of hydrogen-bond donors (Lipinski definition) is 0. The van der Waals surface area contributed by atoms with Crippen LogP contribution in [-0.2, 0) is 0 Å². The number of hydrogen-bond acceptors (Lipinski definition) is 0. The molecule has 0 atom stereocenters. The Hall–Kier alpha value is 1.30. The van der Waals surface area contributed by atoms with E-state index in [9.17, 15) is 0 Å². The minimum absolute atomic E-state index is 1.28. The van der Waals surface area contributed by atoms with Gasteiger partial charge in [-0.3, -0.25) is 0 Å². The third kappa shape index (κ3) is 5.23. The van der Waals surface area contributed by atoms with Crippen LogP contribution in [0.2, 0.25) is 72.5 Å². The van der Waals surface area contributed by atoms with Gasteiger partial charge < -0.3 is 0 Å². The molecule has 1 aliphatic heterocycles. The highest BCUT2D eigenvalue weighted by Gasteiger charge is 2.88. The van der Waals surface area contributed by atoms with Gasteiger partial charge in [-0.15, -0.1) is 0 Å². The van der Waals surface area contributed by atoms with Crippen molar-refractivity contribution in [2.45, 2.75) is 265 Å². The van der Waals surface area contributed by atoms with Gasteiger partial charge in [0.2, 0.25) is 0 Å². The molecule has 6 saturated carbocycles. The average molecular weight is 758 g/mol. The first-order valence-electron chi connectivity index (χ1n) is 23.1. The molecule has 0 nitrogen and oxygen atoms in total. The molecule has 0 N–H and O–H groups in total. The Bertz CT molecular complexity index is 823. The Morgan fingerprint density at radius 3 is 0.396 bits per heavy atom. The van der Waals surface area contributed by atoms with E-state index in [0.29, 0.717) is 0 Å². The van der Waals surface area contributed by atoms with E-state index in [1.54, 1.807) is 193 Å². The minimum Gasteiger partial charge on any atom is -0.0731 e. The first-order valence-corrected chi connectivity index (χ1v) is 44.6. The topological polar surface area (TPSA) is 0 Å². The molecule has 6 heteroatoms. The van der Waals surface area contributed by atoms with Crippen LogP contribution in [0.3, 0.4) is 0 Å². The molecule has 0 aromatic carbocycles. The van der Waals surface area contributed by atoms with Crippen LogP contribution < -0.4 is 0 Å². The zero-order valence-corrected chi connectivity index (χ0v) is 39.7. The lowest BCUT2D eigenvalue weighted by Gasteiger charge is -2.84. The molecule has 0 bridgehead atoms. The summed E-state index contributed by atoms with van der Waals surface area (Å²) in [6.45, 7) is 20.9. The van der Waals surface area contributed by atoms with Gasteiger partial charge >= 0.3 is 0 Å². The summed E-state index contributed by atoms with van der Waals surface area (Å²) in [5.41, 5.74) is 7.66. The highest BCUT2D eigenvalue weighted by atomic mass is 30.2. The van der Waals surface area contributed by atoms with Crippen LogP contribution in [0.15, 0.2) is 0 Å². The van der Waals surface area contributed by atoms with Crippen molar-refractivity contribution in [3.63, 3.8) is 0 Å². The normalized spacial score (nSPS) is 46.1. The van der Waals surface area contributed by atoms with Crippen LogP contribution >= 0.6 is 0 Å². The van der Waals surface area contributed by atoms with Crippen LogP contribution in [-0.4, -0.2) is 42.7 Å². The second-order valence-electron chi connectivity index (χ2n) is 21.2. The van der Waals surface area contributed by atoms with Crippen LogP contribution in [0.1, 0.15) is 193 Å². The lowest BCUT2D eigenvalue weighted by Crippen LogP contribution is -3.07. The van der Waals surface area contributed by atoms with Crippen molar-refractivity contribution in [1.29, 1.82) is 0 Å². The summed E-state index contributed by atoms with van der Waals surface area (Å²) < 4.78 is 0. The average Bonchev–Trinajstić information content (AvgIpc) is 3.17. The van der Waals surface area contributed by atoms with E-state index >= 15 is 0 Å². The molecule has 7 rings (SSSR count). The molecule has 48 heavy (non-hydrogen) atoms. The van der Waals surface area contributed by atoms with Crippen molar-refractivity contribution in [2.24, 2.45) is 0 Å². The fourth-order valence-corrected chi connectivity index (χ4v) is 289. The minimum atomic E-state index is -1.57. The molecule has 0 aromatic rings. The predicted molar refractivity (Wildman–Crippen MR) is 231 cm³/mol. The maximum Gasteiger partial charge on any atom is 0.0378 e. The molecule has 0 amide bonds. The van der Waals surface area contributed by atoms with E-state index in [0.717, 1.165) is 0 Å². The Morgan fingerprint density at radius 2 is 0.292 bits per heavy atom. The smallest absolute Gasteiger partial charge is 0.0378 e. The fourth-order valence-electron chi connectivity index (χ4n) is 18.4. The summed E-state index contributed by atoms with van der Waals surface area (Å²) >= 11 is 0. The first kappa shape index (κ1) is 37.6. The first-order chi connectivity index (χ1) is 23.1. The summed E-state index contributed by atoms with van der Waals surface area (Å²) in [4.78, 5) is 0. The second kappa shape index (κ2) is 14.9. The predicted octanol–water partition coefficient (Wildman–Crippen LogP) is 14.9. The summed E-state index contributed by atoms with van der Waals surface area (Å²) in [7, 11) is -9.44. The van der Waals surface area contributed by atoms with E-state index in [2.05, 4.69) is 39.3 Å². The maximum atomic E-state index is 3.49. The van der Waals surface area contributed by atoms with E-state index in [4.69, 9.17) is 0 Å². The molecule has 1 heterocycles. The van der Waals surface area contributed by atoms with E-state index < -0.39 is 42.7 Å². The largest absolute Gasteiger partial charge is 0.0731 e. The van der Waals surface area contributed by atoms with Gasteiger partial charge in [0.25, 0.3) is 0 Å². The van der Waals surface area contributed by atoms with Crippen molar-refractivity contribution >= 4 is 42.7 Å². The van der Waals surface area contributed by atoms with Gasteiger partial charge in [-0.1, -0.05) is 232 Å². The Balaban J connectivity index is 1.60. The number of rotatable bonds is 6. The Morgan fingerprint density at radius 1 is 0.188 bits per heavy atom. The standard InChI is InChI=1S/C42H84Si6/c1-43(37-25-13-7-14-26-37)44(2,38-27-15-8-16-28-38)46(4,40-31-19-10-20-32-40)48(6,42-35-23-12-24-36-42)47(5,41-33-21-11-22-34-41)45(43,3)39-29-17-9-18-30-39/h37-42H,7-36H2,1-6H3. The van der Waals surface area contributed by atoms with E-state index in [1.807, 2.05) is 0 Å². The van der Waals surface area contributed by atoms with Crippen LogP contribution in [0.25, 0.3) is 0 Å². The van der Waals surface area contributed by atoms with Crippen LogP contribution in [0, 0.1) is 0 Å². The van der Waals surface area contributed by atoms with Gasteiger partial charge in [0.05, 0.1) is 0 Å². The van der Waals surface area contributed by atoms with Gasteiger partial charge in [0.1, 0.15) is 0 Å². The molecule has 7 aliphatic rings. The molecular formula is C42H84Si6. The SMILES string of the molecule is C[Si]1(C2CCCCC2)[Si](C)(C2CCCCC2)[Si](C)(C2CCCCC2)[Si](C)(C2CCCCC2)[Si](C)(C2CCCCC2)[Si]1(C)C1CCCCC1. The quantitative estimate of drug-likeness (QED) is 0.237. The maximum absolute atomic E-state index is 3.49. The van der Waals surface area contributed by atoms with Gasteiger partial charge in [0.15, 0.2) is 0 Å². The van der Waals surface area contributed by atoms with Gasteiger partial charge in [-0.05, 0) is 33.2 Å². The van der Waals surface area contributed by atoms with Crippen molar-refractivity contribution < 1.29 is 0 Å².